The molecule has 1 aromatic carbocycles. The summed E-state index contributed by atoms with van der Waals surface area (Å²) >= 11 is 0. The molecule has 0 aliphatic rings. The smallest absolute Gasteiger partial charge is 0.341 e. The van der Waals surface area contributed by atoms with Crippen LogP contribution in [-0.4, -0.2) is 43.2 Å². The monoisotopic (exact) mass is 420 g/mol. The van der Waals surface area contributed by atoms with Crippen LogP contribution in [0.1, 0.15) is 22.7 Å². The number of nitrogens with zero attached hydrogens (tertiary/aromatic N) is 3. The second-order valence-electron chi connectivity index (χ2n) is 5.84. The van der Waals surface area contributed by atoms with Gasteiger partial charge in [-0.2, -0.15) is 4.98 Å². The highest BCUT2D eigenvalue weighted by Gasteiger charge is 2.19. The Balaban J connectivity index is 1.56. The number of hydrogen-bond donors (Lipinski definition) is 1. The van der Waals surface area contributed by atoms with Gasteiger partial charge < -0.3 is 9.26 Å². The molecule has 152 valence electrons. The van der Waals surface area contributed by atoms with Gasteiger partial charge in [-0.05, 0) is 43.8 Å². The van der Waals surface area contributed by atoms with E-state index in [1.54, 1.807) is 24.5 Å². The minimum atomic E-state index is -3.81. The van der Waals surface area contributed by atoms with Gasteiger partial charge in [0, 0.05) is 24.4 Å². The topological polar surface area (TPSA) is 124 Å². The summed E-state index contributed by atoms with van der Waals surface area (Å²) in [5, 5.41) is 3.85. The summed E-state index contributed by atoms with van der Waals surface area (Å²) in [7, 11) is -2.59. The number of benzene rings is 1. The van der Waals surface area contributed by atoms with Gasteiger partial charge in [0.05, 0.1) is 17.1 Å². The van der Waals surface area contributed by atoms with Crippen LogP contribution in [0.15, 0.2) is 52.1 Å². The molecule has 1 N–H and O–H groups in total. The molecule has 0 radical (unpaired) electrons. The predicted molar refractivity (Wildman–Crippen MR) is 98.8 cm³/mol. The Morgan fingerprint density at radius 1 is 1.31 bits per heavy atom. The van der Waals surface area contributed by atoms with E-state index in [1.165, 1.54) is 7.05 Å². The highest BCUT2D eigenvalue weighted by Crippen LogP contribution is 2.17. The zero-order valence-corrected chi connectivity index (χ0v) is 16.1. The highest BCUT2D eigenvalue weighted by molar-refractivity contribution is 7.89. The van der Waals surface area contributed by atoms with Gasteiger partial charge >= 0.3 is 5.97 Å². The maximum Gasteiger partial charge on any atom is 0.341 e. The lowest BCUT2D eigenvalue weighted by atomic mass is 10.2. The predicted octanol–water partition coefficient (Wildman–Crippen LogP) is 1.97. The van der Waals surface area contributed by atoms with Crippen molar-refractivity contribution in [1.29, 1.82) is 0 Å². The molecule has 3 rings (SSSR count). The van der Waals surface area contributed by atoms with Crippen molar-refractivity contribution in [2.45, 2.75) is 17.7 Å². The maximum absolute atomic E-state index is 13.9. The first-order valence-electron chi connectivity index (χ1n) is 8.54. The first-order valence-corrected chi connectivity index (χ1v) is 10.0. The Kier molecular flexibility index (Phi) is 6.29. The Bertz CT molecular complexity index is 1100. The van der Waals surface area contributed by atoms with Crippen LogP contribution in [0.25, 0.3) is 11.4 Å². The molecule has 2 aromatic heterocycles. The molecule has 3 aromatic rings. The molecule has 11 heteroatoms. The standard InChI is InChI=1S/C18H17FN4O5S/c1-20-29(25,26)13-6-7-15(19)14(10-13)18(24)27-9-3-5-16-22-17(23-28-16)12-4-2-8-21-11-12/h2,4,6-8,10-11,20H,3,5,9H2,1H3. The molecule has 0 fully saturated rings. The summed E-state index contributed by atoms with van der Waals surface area (Å²) in [4.78, 5) is 20.1. The summed E-state index contributed by atoms with van der Waals surface area (Å²) < 4.78 is 49.7. The summed E-state index contributed by atoms with van der Waals surface area (Å²) in [6.45, 7) is -0.0358. The fourth-order valence-electron chi connectivity index (χ4n) is 2.38. The van der Waals surface area contributed by atoms with Crippen LogP contribution in [0, 0.1) is 5.82 Å². The van der Waals surface area contributed by atoms with E-state index in [1.807, 2.05) is 0 Å². The number of rotatable bonds is 8. The summed E-state index contributed by atoms with van der Waals surface area (Å²) in [6, 6.07) is 6.44. The van der Waals surface area contributed by atoms with Crippen molar-refractivity contribution < 1.29 is 26.9 Å². The minimum Gasteiger partial charge on any atom is -0.462 e. The van der Waals surface area contributed by atoms with E-state index in [0.29, 0.717) is 30.1 Å². The number of ether oxygens (including phenoxy) is 1. The SMILES string of the molecule is CNS(=O)(=O)c1ccc(F)c(C(=O)OCCCc2nc(-c3cccnc3)no2)c1. The Hall–Kier alpha value is -3.18. The lowest BCUT2D eigenvalue weighted by Crippen LogP contribution is -2.19. The van der Waals surface area contributed by atoms with Crippen molar-refractivity contribution in [3.8, 4) is 11.4 Å². The van der Waals surface area contributed by atoms with Crippen molar-refractivity contribution >= 4 is 16.0 Å². The lowest BCUT2D eigenvalue weighted by Gasteiger charge is -2.07. The number of aryl methyl sites for hydroxylation is 1. The van der Waals surface area contributed by atoms with Crippen molar-refractivity contribution in [3.05, 3.63) is 60.0 Å². The number of nitrogens with one attached hydrogen (secondary N) is 1. The molecule has 2 heterocycles. The highest BCUT2D eigenvalue weighted by atomic mass is 32.2. The number of hydrogen-bond acceptors (Lipinski definition) is 8. The summed E-state index contributed by atoms with van der Waals surface area (Å²) in [6.07, 6.45) is 3.94. The Morgan fingerprint density at radius 3 is 2.86 bits per heavy atom. The van der Waals surface area contributed by atoms with Gasteiger partial charge in [-0.25, -0.2) is 22.3 Å². The molecule has 0 spiro atoms. The van der Waals surface area contributed by atoms with E-state index >= 15 is 0 Å². The third-order valence-electron chi connectivity index (χ3n) is 3.89. The number of esters is 1. The fourth-order valence-corrected chi connectivity index (χ4v) is 3.14. The molecule has 0 aliphatic heterocycles. The molecular formula is C18H17FN4O5S. The van der Waals surface area contributed by atoms with E-state index in [-0.39, 0.29) is 11.5 Å². The average Bonchev–Trinajstić information content (AvgIpc) is 3.21. The first kappa shape index (κ1) is 20.6. The van der Waals surface area contributed by atoms with Gasteiger partial charge in [0.25, 0.3) is 0 Å². The molecule has 29 heavy (non-hydrogen) atoms. The van der Waals surface area contributed by atoms with Crippen LogP contribution in [0.2, 0.25) is 0 Å². The number of carbonyl (C=O) groups is 1. The van der Waals surface area contributed by atoms with Crippen molar-refractivity contribution in [2.75, 3.05) is 13.7 Å². The number of sulfonamides is 1. The van der Waals surface area contributed by atoms with Gasteiger partial charge in [0.1, 0.15) is 5.82 Å². The second-order valence-corrected chi connectivity index (χ2v) is 7.73. The van der Waals surface area contributed by atoms with Crippen LogP contribution >= 0.6 is 0 Å². The van der Waals surface area contributed by atoms with Crippen LogP contribution in [0.4, 0.5) is 4.39 Å². The molecule has 0 amide bonds. The number of aromatic nitrogens is 3. The van der Waals surface area contributed by atoms with E-state index in [4.69, 9.17) is 9.26 Å². The zero-order chi connectivity index (χ0) is 20.9. The van der Waals surface area contributed by atoms with Crippen LogP contribution in [0.5, 0.6) is 0 Å². The Morgan fingerprint density at radius 2 is 2.14 bits per heavy atom. The van der Waals surface area contributed by atoms with Gasteiger partial charge in [-0.3, -0.25) is 4.98 Å². The number of pyridine rings is 1. The molecule has 0 aliphatic carbocycles. The lowest BCUT2D eigenvalue weighted by molar-refractivity contribution is 0.0492. The summed E-state index contributed by atoms with van der Waals surface area (Å²) in [5.41, 5.74) is 0.249. The van der Waals surface area contributed by atoms with Gasteiger partial charge in [0.2, 0.25) is 21.7 Å². The molecule has 9 nitrogen and oxygen atoms in total. The quantitative estimate of drug-likeness (QED) is 0.433. The molecule has 0 bridgehead atoms. The summed E-state index contributed by atoms with van der Waals surface area (Å²) in [5.74, 6) is -1.08. The third kappa shape index (κ3) is 5.00. The normalized spacial score (nSPS) is 11.4. The number of halogens is 1. The van der Waals surface area contributed by atoms with Crippen LogP contribution in [0.3, 0.4) is 0 Å². The number of carbonyl (C=O) groups excluding carboxylic acids is 1. The van der Waals surface area contributed by atoms with E-state index in [0.717, 1.165) is 18.2 Å². The van der Waals surface area contributed by atoms with Gasteiger partial charge in [-0.15, -0.1) is 0 Å². The molecule has 0 unspecified atom stereocenters. The van der Waals surface area contributed by atoms with E-state index in [2.05, 4.69) is 19.8 Å². The van der Waals surface area contributed by atoms with E-state index in [9.17, 15) is 17.6 Å². The minimum absolute atomic E-state index is 0.0358. The molecule has 0 saturated heterocycles. The molecule has 0 atom stereocenters. The van der Waals surface area contributed by atoms with Gasteiger partial charge in [-0.1, -0.05) is 5.16 Å². The fraction of sp³-hybridized carbons (Fsp3) is 0.222. The Labute approximate surface area is 166 Å². The van der Waals surface area contributed by atoms with Crippen LogP contribution in [-0.2, 0) is 21.2 Å². The maximum atomic E-state index is 13.9. The molecular weight excluding hydrogens is 403 g/mol. The first-order chi connectivity index (χ1) is 13.9. The van der Waals surface area contributed by atoms with Crippen molar-refractivity contribution in [1.82, 2.24) is 19.8 Å². The largest absolute Gasteiger partial charge is 0.462 e. The average molecular weight is 420 g/mol. The van der Waals surface area contributed by atoms with Crippen LogP contribution < -0.4 is 4.72 Å². The third-order valence-corrected chi connectivity index (χ3v) is 5.30. The van der Waals surface area contributed by atoms with Crippen molar-refractivity contribution in [3.63, 3.8) is 0 Å². The van der Waals surface area contributed by atoms with Crippen molar-refractivity contribution in [2.24, 2.45) is 0 Å². The molecule has 0 saturated carbocycles. The van der Waals surface area contributed by atoms with E-state index < -0.39 is 27.4 Å². The zero-order valence-electron chi connectivity index (χ0n) is 15.3. The second kappa shape index (κ2) is 8.88. The van der Waals surface area contributed by atoms with Gasteiger partial charge in [0.15, 0.2) is 0 Å².